The zero-order chi connectivity index (χ0) is 21.2. The normalized spacial score (nSPS) is 18.7. The van der Waals surface area contributed by atoms with E-state index in [1.54, 1.807) is 19.1 Å². The van der Waals surface area contributed by atoms with Crippen LogP contribution >= 0.6 is 0 Å². The largest absolute Gasteiger partial charge is 0.354 e. The third-order valence-electron chi connectivity index (χ3n) is 5.10. The summed E-state index contributed by atoms with van der Waals surface area (Å²) in [6.45, 7) is 7.81. The van der Waals surface area contributed by atoms with Crippen molar-refractivity contribution in [2.45, 2.75) is 44.1 Å². The molecule has 1 aliphatic rings. The number of hydrogen-bond acceptors (Lipinski definition) is 5. The zero-order valence-electron chi connectivity index (χ0n) is 16.7. The Morgan fingerprint density at radius 2 is 1.90 bits per heavy atom. The molecule has 2 aromatic rings. The number of hydrogen-bond donors (Lipinski definition) is 2. The van der Waals surface area contributed by atoms with Gasteiger partial charge < -0.3 is 10.2 Å². The molecule has 1 aliphatic heterocycles. The zero-order valence-corrected chi connectivity index (χ0v) is 17.5. The predicted octanol–water partition coefficient (Wildman–Crippen LogP) is 3.36. The molecule has 0 amide bonds. The molecule has 0 unspecified atom stereocenters. The predicted molar refractivity (Wildman–Crippen MR) is 110 cm³/mol. The van der Waals surface area contributed by atoms with Gasteiger partial charge in [0, 0.05) is 31.6 Å². The van der Waals surface area contributed by atoms with Crippen LogP contribution in [-0.2, 0) is 10.0 Å². The monoisotopic (exact) mass is 424 g/mol. The number of alkyl halides is 2. The minimum absolute atomic E-state index is 0.0159. The molecule has 0 aliphatic carbocycles. The Morgan fingerprint density at radius 1 is 1.21 bits per heavy atom. The average Bonchev–Trinajstić information content (AvgIpc) is 2.69. The fourth-order valence-corrected chi connectivity index (χ4v) is 4.39. The fourth-order valence-electron chi connectivity index (χ4n) is 3.27. The molecule has 158 valence electrons. The number of piperazine rings is 1. The lowest BCUT2D eigenvalue weighted by Crippen LogP contribution is -2.49. The molecule has 0 spiro atoms. The highest BCUT2D eigenvalue weighted by Crippen LogP contribution is 2.26. The van der Waals surface area contributed by atoms with Crippen molar-refractivity contribution in [2.75, 3.05) is 29.3 Å². The van der Waals surface area contributed by atoms with Crippen LogP contribution in [0.25, 0.3) is 0 Å². The van der Waals surface area contributed by atoms with E-state index in [-0.39, 0.29) is 4.90 Å². The maximum Gasteiger partial charge on any atom is 0.261 e. The first-order valence-electron chi connectivity index (χ1n) is 9.54. The van der Waals surface area contributed by atoms with Crippen molar-refractivity contribution in [3.05, 3.63) is 47.7 Å². The van der Waals surface area contributed by atoms with Crippen LogP contribution in [0.2, 0.25) is 0 Å². The van der Waals surface area contributed by atoms with Crippen molar-refractivity contribution < 1.29 is 17.2 Å². The smallest absolute Gasteiger partial charge is 0.261 e. The first-order chi connectivity index (χ1) is 13.7. The van der Waals surface area contributed by atoms with E-state index < -0.39 is 22.4 Å². The Labute approximate surface area is 170 Å². The van der Waals surface area contributed by atoms with E-state index in [1.807, 2.05) is 0 Å². The first-order valence-corrected chi connectivity index (χ1v) is 11.0. The van der Waals surface area contributed by atoms with Gasteiger partial charge in [0.1, 0.15) is 5.82 Å². The minimum Gasteiger partial charge on any atom is -0.354 e. The molecule has 29 heavy (non-hydrogen) atoms. The molecule has 1 aromatic carbocycles. The van der Waals surface area contributed by atoms with Crippen molar-refractivity contribution in [1.82, 2.24) is 10.3 Å². The van der Waals surface area contributed by atoms with E-state index in [4.69, 9.17) is 0 Å². The lowest BCUT2D eigenvalue weighted by Gasteiger charge is -2.33. The molecular weight excluding hydrogens is 398 g/mol. The van der Waals surface area contributed by atoms with Gasteiger partial charge >= 0.3 is 0 Å². The third kappa shape index (κ3) is 5.02. The van der Waals surface area contributed by atoms with Gasteiger partial charge in [-0.3, -0.25) is 4.72 Å². The maximum absolute atomic E-state index is 12.8. The summed E-state index contributed by atoms with van der Waals surface area (Å²) in [4.78, 5) is 6.73. The number of sulfonamides is 1. The number of nitrogens with one attached hydrogen (secondary N) is 2. The fraction of sp³-hybridized carbons (Fsp3) is 0.450. The second-order valence-corrected chi connectivity index (χ2v) is 9.08. The summed E-state index contributed by atoms with van der Waals surface area (Å²) >= 11 is 0. The van der Waals surface area contributed by atoms with Gasteiger partial charge in [0.2, 0.25) is 6.43 Å². The van der Waals surface area contributed by atoms with Crippen molar-refractivity contribution in [2.24, 2.45) is 0 Å². The number of benzene rings is 1. The van der Waals surface area contributed by atoms with E-state index in [0.717, 1.165) is 25.5 Å². The molecule has 2 heterocycles. The molecule has 0 saturated carbocycles. The number of aromatic nitrogens is 1. The van der Waals surface area contributed by atoms with Crippen LogP contribution in [0.5, 0.6) is 0 Å². The summed E-state index contributed by atoms with van der Waals surface area (Å²) in [6.07, 6.45) is -2.50. The quantitative estimate of drug-likeness (QED) is 0.744. The summed E-state index contributed by atoms with van der Waals surface area (Å²) in [5.41, 5.74) is 1.36. The second kappa shape index (κ2) is 8.62. The van der Waals surface area contributed by atoms with Crippen LogP contribution < -0.4 is 14.9 Å². The number of anilines is 2. The lowest BCUT2D eigenvalue weighted by atomic mass is 10.0. The minimum atomic E-state index is -3.85. The average molecular weight is 425 g/mol. The molecule has 1 aromatic heterocycles. The van der Waals surface area contributed by atoms with Gasteiger partial charge in [-0.25, -0.2) is 22.2 Å². The molecule has 1 saturated heterocycles. The summed E-state index contributed by atoms with van der Waals surface area (Å²) < 4.78 is 53.6. The number of pyridine rings is 1. The number of nitrogens with zero attached hydrogens (tertiary/aromatic N) is 2. The van der Waals surface area contributed by atoms with Crippen LogP contribution in [0.15, 0.2) is 41.3 Å². The van der Waals surface area contributed by atoms with Crippen molar-refractivity contribution in [1.29, 1.82) is 0 Å². The van der Waals surface area contributed by atoms with Gasteiger partial charge in [-0.1, -0.05) is 19.1 Å². The number of rotatable bonds is 6. The van der Waals surface area contributed by atoms with Gasteiger partial charge in [0.05, 0.1) is 16.3 Å². The van der Waals surface area contributed by atoms with Crippen molar-refractivity contribution >= 4 is 21.5 Å². The van der Waals surface area contributed by atoms with Crippen LogP contribution in [0.1, 0.15) is 31.0 Å². The molecule has 0 radical (unpaired) electrons. The highest BCUT2D eigenvalue weighted by atomic mass is 32.2. The van der Waals surface area contributed by atoms with Crippen LogP contribution in [0.4, 0.5) is 20.3 Å². The molecule has 0 bridgehead atoms. The molecular formula is C20H26F2N4O2S. The van der Waals surface area contributed by atoms with Crippen molar-refractivity contribution in [3.8, 4) is 0 Å². The van der Waals surface area contributed by atoms with Gasteiger partial charge in [0.25, 0.3) is 10.0 Å². The Bertz CT molecular complexity index is 951. The van der Waals surface area contributed by atoms with E-state index in [1.165, 1.54) is 31.2 Å². The standard InChI is InChI=1S/C20H26F2N4O2S/c1-13-12-26(11-10-23-13)19-9-8-18(15(3)24-19)25-29(27,28)17-6-4-16(5-7-17)14(2)20(21)22/h4-9,13-14,20,23,25H,10-12H2,1-3H3/t13-,14-/m1/s1. The maximum atomic E-state index is 12.8. The van der Waals surface area contributed by atoms with Gasteiger partial charge in [-0.15, -0.1) is 0 Å². The summed E-state index contributed by atoms with van der Waals surface area (Å²) in [5.74, 6) is -0.143. The SMILES string of the molecule is Cc1nc(N2CCN[C@H](C)C2)ccc1NS(=O)(=O)c1ccc([C@@H](C)C(F)F)cc1. The van der Waals surface area contributed by atoms with Gasteiger partial charge in [-0.2, -0.15) is 0 Å². The van der Waals surface area contributed by atoms with Gasteiger partial charge in [0.15, 0.2) is 0 Å². The van der Waals surface area contributed by atoms with Crippen LogP contribution in [0.3, 0.4) is 0 Å². The van der Waals surface area contributed by atoms with E-state index >= 15 is 0 Å². The third-order valence-corrected chi connectivity index (χ3v) is 6.48. The molecule has 2 atom stereocenters. The summed E-state index contributed by atoms with van der Waals surface area (Å²) in [7, 11) is -3.85. The summed E-state index contributed by atoms with van der Waals surface area (Å²) in [5, 5.41) is 3.37. The lowest BCUT2D eigenvalue weighted by molar-refractivity contribution is 0.121. The van der Waals surface area contributed by atoms with Gasteiger partial charge in [-0.05, 0) is 43.7 Å². The van der Waals surface area contributed by atoms with E-state index in [2.05, 4.69) is 26.8 Å². The van der Waals surface area contributed by atoms with Crippen LogP contribution in [-0.4, -0.2) is 45.5 Å². The second-order valence-electron chi connectivity index (χ2n) is 7.40. The molecule has 6 nitrogen and oxygen atoms in total. The molecule has 3 rings (SSSR count). The van der Waals surface area contributed by atoms with E-state index in [0.29, 0.717) is 23.0 Å². The molecule has 2 N–H and O–H groups in total. The summed E-state index contributed by atoms with van der Waals surface area (Å²) in [6, 6.07) is 9.40. The highest BCUT2D eigenvalue weighted by Gasteiger charge is 2.21. The Balaban J connectivity index is 1.76. The molecule has 9 heteroatoms. The van der Waals surface area contributed by atoms with Crippen LogP contribution in [0, 0.1) is 6.92 Å². The number of aryl methyl sites for hydroxylation is 1. The Hall–Kier alpha value is -2.26. The first kappa shape index (κ1) is 21.4. The highest BCUT2D eigenvalue weighted by molar-refractivity contribution is 7.92. The Kier molecular flexibility index (Phi) is 6.38. The Morgan fingerprint density at radius 3 is 2.48 bits per heavy atom. The molecule has 1 fully saturated rings. The van der Waals surface area contributed by atoms with Crippen molar-refractivity contribution in [3.63, 3.8) is 0 Å². The topological polar surface area (TPSA) is 74.3 Å². The van der Waals surface area contributed by atoms with E-state index in [9.17, 15) is 17.2 Å². The number of halogens is 2.